The first-order valence-corrected chi connectivity index (χ1v) is 5.60. The molecule has 0 aliphatic heterocycles. The van der Waals surface area contributed by atoms with Crippen molar-refractivity contribution in [3.63, 3.8) is 0 Å². The fourth-order valence-electron chi connectivity index (χ4n) is 1.64. The molecule has 0 saturated carbocycles. The molecule has 9 heteroatoms. The Morgan fingerprint density at radius 2 is 1.86 bits per heavy atom. The van der Waals surface area contributed by atoms with Crippen molar-refractivity contribution in [2.75, 3.05) is 5.73 Å². The molecule has 0 aliphatic rings. The Labute approximate surface area is 115 Å². The van der Waals surface area contributed by atoms with E-state index in [1.807, 2.05) is 0 Å². The van der Waals surface area contributed by atoms with Crippen molar-refractivity contribution in [3.05, 3.63) is 46.8 Å². The zero-order chi connectivity index (χ0) is 15.8. The Hall–Kier alpha value is -2.45. The molecule has 0 bridgehead atoms. The van der Waals surface area contributed by atoms with Crippen molar-refractivity contribution in [1.82, 2.24) is 9.66 Å². The molecule has 4 nitrogen and oxygen atoms in total. The lowest BCUT2D eigenvalue weighted by Gasteiger charge is -2.10. The van der Waals surface area contributed by atoms with Crippen LogP contribution in [0.5, 0.6) is 0 Å². The molecule has 2 aromatic rings. The number of aromatic nitrogens is 2. The van der Waals surface area contributed by atoms with Crippen molar-refractivity contribution in [3.8, 4) is 0 Å². The first-order chi connectivity index (χ1) is 9.68. The fraction of sp³-hybridized carbons (Fsp3) is 0.167. The lowest BCUT2D eigenvalue weighted by molar-refractivity contribution is -0.137. The Morgan fingerprint density at radius 1 is 1.24 bits per heavy atom. The number of nitrogen functional groups attached to an aromatic ring is 1. The van der Waals surface area contributed by atoms with Gasteiger partial charge < -0.3 is 5.73 Å². The summed E-state index contributed by atoms with van der Waals surface area (Å²) in [6, 6.07) is 0.501. The molecule has 0 atom stereocenters. The van der Waals surface area contributed by atoms with E-state index >= 15 is 0 Å². The van der Waals surface area contributed by atoms with Crippen LogP contribution in [-0.2, 0) is 6.18 Å². The van der Waals surface area contributed by atoms with Gasteiger partial charge in [0, 0.05) is 5.56 Å². The third kappa shape index (κ3) is 3.18. The van der Waals surface area contributed by atoms with Gasteiger partial charge in [-0.2, -0.15) is 18.3 Å². The Kier molecular flexibility index (Phi) is 3.67. The molecule has 112 valence electrons. The van der Waals surface area contributed by atoms with Gasteiger partial charge in [0.25, 0.3) is 0 Å². The summed E-state index contributed by atoms with van der Waals surface area (Å²) in [5, 5.41) is 3.66. The number of nitrogens with zero attached hydrogens (tertiary/aromatic N) is 3. The van der Waals surface area contributed by atoms with Crippen molar-refractivity contribution < 1.29 is 22.0 Å². The second-order valence-corrected chi connectivity index (χ2v) is 4.18. The molecule has 1 heterocycles. The molecule has 0 radical (unpaired) electrons. The van der Waals surface area contributed by atoms with E-state index in [9.17, 15) is 22.0 Å². The molecule has 0 fully saturated rings. The maximum absolute atomic E-state index is 13.1. The van der Waals surface area contributed by atoms with E-state index in [0.717, 1.165) is 10.9 Å². The average Bonchev–Trinajstić information content (AvgIpc) is 2.67. The molecule has 21 heavy (non-hydrogen) atoms. The van der Waals surface area contributed by atoms with Crippen LogP contribution in [0.25, 0.3) is 0 Å². The van der Waals surface area contributed by atoms with Crippen LogP contribution >= 0.6 is 0 Å². The Bertz CT molecular complexity index is 702. The zero-order valence-electron chi connectivity index (χ0n) is 10.6. The van der Waals surface area contributed by atoms with Crippen LogP contribution in [0.15, 0.2) is 23.4 Å². The van der Waals surface area contributed by atoms with Crippen molar-refractivity contribution in [1.29, 1.82) is 0 Å². The van der Waals surface area contributed by atoms with Crippen molar-refractivity contribution >= 4 is 12.2 Å². The molecule has 0 spiro atoms. The number of imidazole rings is 1. The third-order valence-electron chi connectivity index (χ3n) is 2.55. The molecule has 1 aromatic carbocycles. The van der Waals surface area contributed by atoms with Gasteiger partial charge in [0.05, 0.1) is 23.7 Å². The number of nitrogens with two attached hydrogens (primary N) is 1. The maximum atomic E-state index is 13.1. The van der Waals surface area contributed by atoms with Crippen molar-refractivity contribution in [2.24, 2.45) is 5.10 Å². The van der Waals surface area contributed by atoms with Gasteiger partial charge in [0.15, 0.2) is 11.6 Å². The molecular weight excluding hydrogens is 295 g/mol. The molecule has 0 aliphatic carbocycles. The number of hydrogen-bond acceptors (Lipinski definition) is 3. The van der Waals surface area contributed by atoms with E-state index in [4.69, 9.17) is 5.73 Å². The highest BCUT2D eigenvalue weighted by atomic mass is 19.4. The van der Waals surface area contributed by atoms with E-state index in [2.05, 4.69) is 10.1 Å². The molecule has 0 unspecified atom stereocenters. The lowest BCUT2D eigenvalue weighted by atomic mass is 10.1. The predicted octanol–water partition coefficient (Wildman–Crippen LogP) is 2.95. The minimum atomic E-state index is -4.84. The Balaban J connectivity index is 2.48. The second-order valence-electron chi connectivity index (χ2n) is 4.18. The van der Waals surface area contributed by atoms with Gasteiger partial charge in [-0.25, -0.2) is 18.4 Å². The second kappa shape index (κ2) is 5.15. The Morgan fingerprint density at radius 3 is 2.38 bits per heavy atom. The van der Waals surface area contributed by atoms with Crippen LogP contribution in [0.4, 0.5) is 27.9 Å². The summed E-state index contributed by atoms with van der Waals surface area (Å²) < 4.78 is 65.4. The summed E-state index contributed by atoms with van der Waals surface area (Å²) in [5.74, 6) is -3.03. The van der Waals surface area contributed by atoms with Crippen LogP contribution in [0.1, 0.15) is 16.8 Å². The summed E-state index contributed by atoms with van der Waals surface area (Å²) in [5.41, 5.74) is 4.02. The number of halogens is 5. The predicted molar refractivity (Wildman–Crippen MR) is 65.7 cm³/mol. The summed E-state index contributed by atoms with van der Waals surface area (Å²) in [4.78, 5) is 3.80. The fourth-order valence-corrected chi connectivity index (χ4v) is 1.64. The quantitative estimate of drug-likeness (QED) is 0.685. The summed E-state index contributed by atoms with van der Waals surface area (Å²) >= 11 is 0. The lowest BCUT2D eigenvalue weighted by Crippen LogP contribution is -2.11. The number of hydrogen-bond donors (Lipinski definition) is 1. The zero-order valence-corrected chi connectivity index (χ0v) is 10.6. The third-order valence-corrected chi connectivity index (χ3v) is 2.55. The smallest absolute Gasteiger partial charge is 0.368 e. The SMILES string of the molecule is Cc1cn(N=Cc2cc(F)c(F)cc2C(F)(F)F)c(N)n1. The van der Waals surface area contributed by atoms with Gasteiger partial charge in [0.2, 0.25) is 5.95 Å². The van der Waals surface area contributed by atoms with Gasteiger partial charge in [-0.05, 0) is 19.1 Å². The van der Waals surface area contributed by atoms with Crippen LogP contribution in [-0.4, -0.2) is 15.9 Å². The average molecular weight is 304 g/mol. The highest BCUT2D eigenvalue weighted by Crippen LogP contribution is 2.32. The molecule has 0 amide bonds. The number of aryl methyl sites for hydroxylation is 1. The first kappa shape index (κ1) is 14.9. The van der Waals surface area contributed by atoms with Crippen LogP contribution in [0, 0.1) is 18.6 Å². The van der Waals surface area contributed by atoms with Crippen LogP contribution in [0.3, 0.4) is 0 Å². The minimum absolute atomic E-state index is 0.0418. The van der Waals surface area contributed by atoms with Gasteiger partial charge in [-0.3, -0.25) is 0 Å². The largest absolute Gasteiger partial charge is 0.417 e. The van der Waals surface area contributed by atoms with Gasteiger partial charge in [-0.15, -0.1) is 0 Å². The highest BCUT2D eigenvalue weighted by Gasteiger charge is 2.34. The standard InChI is InChI=1S/C12H9F5N4/c1-6-5-21(11(18)20-6)19-4-7-2-9(13)10(14)3-8(7)12(15,16)17/h2-5H,1H3,(H2,18,20). The molecule has 1 aromatic heterocycles. The number of benzene rings is 1. The first-order valence-electron chi connectivity index (χ1n) is 5.60. The molecule has 2 rings (SSSR count). The molecule has 2 N–H and O–H groups in total. The summed E-state index contributed by atoms with van der Waals surface area (Å²) in [6.45, 7) is 1.61. The monoisotopic (exact) mass is 304 g/mol. The van der Waals surface area contributed by atoms with Gasteiger partial charge in [-0.1, -0.05) is 0 Å². The number of anilines is 1. The van der Waals surface area contributed by atoms with Crippen molar-refractivity contribution in [2.45, 2.75) is 13.1 Å². The van der Waals surface area contributed by atoms with E-state index in [-0.39, 0.29) is 12.0 Å². The summed E-state index contributed by atoms with van der Waals surface area (Å²) in [7, 11) is 0. The summed E-state index contributed by atoms with van der Waals surface area (Å²) in [6.07, 6.45) is -2.73. The van der Waals surface area contributed by atoms with E-state index in [0.29, 0.717) is 11.8 Å². The van der Waals surface area contributed by atoms with E-state index in [1.54, 1.807) is 6.92 Å². The highest BCUT2D eigenvalue weighted by molar-refractivity contribution is 5.82. The van der Waals surface area contributed by atoms with E-state index < -0.39 is 28.9 Å². The normalized spacial score (nSPS) is 12.3. The minimum Gasteiger partial charge on any atom is -0.368 e. The number of rotatable bonds is 2. The molecular formula is C12H9F5N4. The van der Waals surface area contributed by atoms with Crippen LogP contribution in [0.2, 0.25) is 0 Å². The van der Waals surface area contributed by atoms with Gasteiger partial charge in [0.1, 0.15) is 0 Å². The van der Waals surface area contributed by atoms with Gasteiger partial charge >= 0.3 is 6.18 Å². The topological polar surface area (TPSA) is 56.2 Å². The van der Waals surface area contributed by atoms with Crippen LogP contribution < -0.4 is 5.73 Å². The molecule has 0 saturated heterocycles. The maximum Gasteiger partial charge on any atom is 0.417 e. The van der Waals surface area contributed by atoms with E-state index in [1.165, 1.54) is 6.20 Å². The number of alkyl halides is 3.